The van der Waals surface area contributed by atoms with Crippen molar-refractivity contribution in [3.05, 3.63) is 33.6 Å². The fourth-order valence-corrected chi connectivity index (χ4v) is 4.59. The summed E-state index contributed by atoms with van der Waals surface area (Å²) >= 11 is 3.17. The third-order valence-corrected chi connectivity index (χ3v) is 6.35. The zero-order chi connectivity index (χ0) is 16.9. The van der Waals surface area contributed by atoms with Crippen LogP contribution in [-0.2, 0) is 6.54 Å². The Morgan fingerprint density at radius 2 is 2.21 bits per heavy atom. The van der Waals surface area contributed by atoms with E-state index in [9.17, 15) is 4.79 Å². The van der Waals surface area contributed by atoms with Crippen LogP contribution in [0.4, 0.5) is 5.00 Å². The first kappa shape index (κ1) is 17.4. The van der Waals surface area contributed by atoms with Crippen LogP contribution in [0.25, 0.3) is 0 Å². The second-order valence-corrected chi connectivity index (χ2v) is 8.04. The van der Waals surface area contributed by atoms with Gasteiger partial charge in [0.05, 0.1) is 11.3 Å². The molecule has 0 spiro atoms. The first-order valence-electron chi connectivity index (χ1n) is 8.34. The van der Waals surface area contributed by atoms with Crippen molar-refractivity contribution < 1.29 is 4.79 Å². The second kappa shape index (κ2) is 8.09. The number of nitrogens with one attached hydrogen (secondary N) is 2. The summed E-state index contributed by atoms with van der Waals surface area (Å²) < 4.78 is 4.26. The van der Waals surface area contributed by atoms with Crippen molar-refractivity contribution in [3.8, 4) is 0 Å². The van der Waals surface area contributed by atoms with E-state index in [1.807, 2.05) is 25.3 Å². The fourth-order valence-electron chi connectivity index (χ4n) is 3.10. The number of amides is 1. The smallest absolute Gasteiger partial charge is 0.256 e. The molecule has 1 aliphatic heterocycles. The highest BCUT2D eigenvalue weighted by Gasteiger charge is 2.22. The number of nitrogens with zero attached hydrogens (tertiary/aromatic N) is 2. The lowest BCUT2D eigenvalue weighted by Gasteiger charge is -2.31. The summed E-state index contributed by atoms with van der Waals surface area (Å²) in [6.45, 7) is 5.92. The molecular formula is C17H24N4OS2. The van der Waals surface area contributed by atoms with Gasteiger partial charge < -0.3 is 10.6 Å². The number of piperidine rings is 1. The van der Waals surface area contributed by atoms with E-state index < -0.39 is 0 Å². The average molecular weight is 365 g/mol. The molecule has 1 aliphatic rings. The number of hydrogen-bond donors (Lipinski definition) is 2. The molecule has 2 N–H and O–H groups in total. The van der Waals surface area contributed by atoms with Crippen molar-refractivity contribution in [2.75, 3.05) is 32.0 Å². The van der Waals surface area contributed by atoms with Gasteiger partial charge >= 0.3 is 0 Å². The molecule has 3 heterocycles. The van der Waals surface area contributed by atoms with Gasteiger partial charge in [0.1, 0.15) is 5.00 Å². The van der Waals surface area contributed by atoms with E-state index in [4.69, 9.17) is 0 Å². The number of thiophene rings is 1. The van der Waals surface area contributed by atoms with E-state index in [-0.39, 0.29) is 5.91 Å². The van der Waals surface area contributed by atoms with Gasteiger partial charge in [-0.3, -0.25) is 9.69 Å². The topological polar surface area (TPSA) is 57.3 Å². The monoisotopic (exact) mass is 364 g/mol. The molecule has 2 aromatic rings. The summed E-state index contributed by atoms with van der Waals surface area (Å²) in [6.07, 6.45) is 2.29. The van der Waals surface area contributed by atoms with E-state index in [0.717, 1.165) is 49.7 Å². The Balaban J connectivity index is 1.45. The van der Waals surface area contributed by atoms with Gasteiger partial charge in [0, 0.05) is 25.0 Å². The van der Waals surface area contributed by atoms with Gasteiger partial charge in [-0.15, -0.1) is 11.3 Å². The van der Waals surface area contributed by atoms with Crippen LogP contribution in [-0.4, -0.2) is 41.9 Å². The average Bonchev–Trinajstić information content (AvgIpc) is 3.23. The van der Waals surface area contributed by atoms with E-state index in [2.05, 4.69) is 37.4 Å². The second-order valence-electron chi connectivity index (χ2n) is 6.23. The van der Waals surface area contributed by atoms with Crippen LogP contribution in [0.1, 0.15) is 33.8 Å². The molecule has 0 saturated carbocycles. The van der Waals surface area contributed by atoms with E-state index >= 15 is 0 Å². The van der Waals surface area contributed by atoms with E-state index in [0.29, 0.717) is 11.5 Å². The molecule has 0 unspecified atom stereocenters. The maximum absolute atomic E-state index is 12.4. The predicted octanol–water partition coefficient (Wildman–Crippen LogP) is 3.20. The van der Waals surface area contributed by atoms with Gasteiger partial charge in [0.2, 0.25) is 0 Å². The Hall–Kier alpha value is -1.44. The Morgan fingerprint density at radius 1 is 1.42 bits per heavy atom. The van der Waals surface area contributed by atoms with Gasteiger partial charge in [0.15, 0.2) is 0 Å². The highest BCUT2D eigenvalue weighted by molar-refractivity contribution is 7.10. The van der Waals surface area contributed by atoms with Crippen molar-refractivity contribution in [2.45, 2.75) is 26.3 Å². The van der Waals surface area contributed by atoms with Gasteiger partial charge in [-0.2, -0.15) is 4.37 Å². The van der Waals surface area contributed by atoms with Crippen LogP contribution in [0.3, 0.4) is 0 Å². The van der Waals surface area contributed by atoms with Gasteiger partial charge in [-0.05, 0) is 61.8 Å². The molecule has 0 atom stereocenters. The molecule has 5 nitrogen and oxygen atoms in total. The summed E-state index contributed by atoms with van der Waals surface area (Å²) in [6, 6.07) is 4.32. The maximum Gasteiger partial charge on any atom is 0.256 e. The Labute approximate surface area is 151 Å². The SMILES string of the molecule is CNc1snc(C)c1C(=O)NCC1CCN(Cc2cccs2)CC1. The minimum Gasteiger partial charge on any atom is -0.378 e. The van der Waals surface area contributed by atoms with Crippen molar-refractivity contribution >= 4 is 33.8 Å². The molecule has 7 heteroatoms. The molecule has 0 radical (unpaired) electrons. The van der Waals surface area contributed by atoms with Crippen LogP contribution in [0.5, 0.6) is 0 Å². The first-order valence-corrected chi connectivity index (χ1v) is 9.99. The third kappa shape index (κ3) is 4.15. The summed E-state index contributed by atoms with van der Waals surface area (Å²) in [5.41, 5.74) is 1.49. The minimum atomic E-state index is -0.00776. The van der Waals surface area contributed by atoms with Crippen LogP contribution in [0.2, 0.25) is 0 Å². The number of likely N-dealkylation sites (tertiary alicyclic amines) is 1. The lowest BCUT2D eigenvalue weighted by atomic mass is 9.96. The largest absolute Gasteiger partial charge is 0.378 e. The summed E-state index contributed by atoms with van der Waals surface area (Å²) in [5, 5.41) is 9.13. The van der Waals surface area contributed by atoms with Crippen LogP contribution >= 0.6 is 22.9 Å². The third-order valence-electron chi connectivity index (χ3n) is 4.53. The van der Waals surface area contributed by atoms with Gasteiger partial charge in [-0.1, -0.05) is 6.07 Å². The number of carbonyl (C=O) groups excluding carboxylic acids is 1. The van der Waals surface area contributed by atoms with Crippen LogP contribution in [0.15, 0.2) is 17.5 Å². The summed E-state index contributed by atoms with van der Waals surface area (Å²) in [7, 11) is 1.83. The Morgan fingerprint density at radius 3 is 2.88 bits per heavy atom. The summed E-state index contributed by atoms with van der Waals surface area (Å²) in [4.78, 5) is 16.4. The normalized spacial score (nSPS) is 16.2. The molecule has 1 saturated heterocycles. The van der Waals surface area contributed by atoms with Crippen molar-refractivity contribution in [1.82, 2.24) is 14.6 Å². The molecule has 130 valence electrons. The van der Waals surface area contributed by atoms with Crippen LogP contribution in [0, 0.1) is 12.8 Å². The molecule has 2 aromatic heterocycles. The standard InChI is InChI=1S/C17H24N4OS2/c1-12-15(17(18-2)24-20-12)16(22)19-10-13-5-7-21(8-6-13)11-14-4-3-9-23-14/h3-4,9,13,18H,5-8,10-11H2,1-2H3,(H,19,22). The number of rotatable bonds is 6. The van der Waals surface area contributed by atoms with Crippen molar-refractivity contribution in [3.63, 3.8) is 0 Å². The molecule has 0 bridgehead atoms. The van der Waals surface area contributed by atoms with E-state index in [1.165, 1.54) is 16.4 Å². The Bertz CT molecular complexity index is 660. The molecule has 1 fully saturated rings. The first-order chi connectivity index (χ1) is 11.7. The minimum absolute atomic E-state index is 0.00776. The van der Waals surface area contributed by atoms with Gasteiger partial charge in [0.25, 0.3) is 5.91 Å². The molecule has 0 aliphatic carbocycles. The molecular weight excluding hydrogens is 340 g/mol. The molecule has 24 heavy (non-hydrogen) atoms. The summed E-state index contributed by atoms with van der Waals surface area (Å²) in [5.74, 6) is 0.560. The van der Waals surface area contributed by atoms with E-state index in [1.54, 1.807) is 0 Å². The lowest BCUT2D eigenvalue weighted by molar-refractivity contribution is 0.0935. The molecule has 1 amide bonds. The highest BCUT2D eigenvalue weighted by Crippen LogP contribution is 2.24. The number of carbonyl (C=O) groups is 1. The zero-order valence-corrected chi connectivity index (χ0v) is 15.8. The number of hydrogen-bond acceptors (Lipinski definition) is 6. The van der Waals surface area contributed by atoms with Crippen LogP contribution < -0.4 is 10.6 Å². The lowest BCUT2D eigenvalue weighted by Crippen LogP contribution is -2.38. The maximum atomic E-state index is 12.4. The zero-order valence-electron chi connectivity index (χ0n) is 14.2. The molecule has 0 aromatic carbocycles. The number of anilines is 1. The fraction of sp³-hybridized carbons (Fsp3) is 0.529. The Kier molecular flexibility index (Phi) is 5.86. The molecule has 3 rings (SSSR count). The quantitative estimate of drug-likeness (QED) is 0.826. The number of aryl methyl sites for hydroxylation is 1. The van der Waals surface area contributed by atoms with Gasteiger partial charge in [-0.25, -0.2) is 0 Å². The number of aromatic nitrogens is 1. The highest BCUT2D eigenvalue weighted by atomic mass is 32.1. The predicted molar refractivity (Wildman–Crippen MR) is 101 cm³/mol. The van der Waals surface area contributed by atoms with Crippen molar-refractivity contribution in [2.24, 2.45) is 5.92 Å². The van der Waals surface area contributed by atoms with Crippen molar-refractivity contribution in [1.29, 1.82) is 0 Å².